The minimum absolute atomic E-state index is 0.212. The van der Waals surface area contributed by atoms with Gasteiger partial charge in [0.2, 0.25) is 5.88 Å². The molecule has 1 unspecified atom stereocenters. The van der Waals surface area contributed by atoms with Crippen molar-refractivity contribution in [2.45, 2.75) is 24.8 Å². The number of rotatable bonds is 8. The van der Waals surface area contributed by atoms with E-state index in [1.807, 2.05) is 43.3 Å². The topological polar surface area (TPSA) is 80.2 Å². The fourth-order valence-corrected chi connectivity index (χ4v) is 3.82. The third kappa shape index (κ3) is 4.73. The number of aromatic nitrogens is 1. The molecule has 0 fully saturated rings. The zero-order valence-electron chi connectivity index (χ0n) is 16.6. The Balaban J connectivity index is 1.74. The van der Waals surface area contributed by atoms with E-state index in [9.17, 15) is 10.1 Å². The summed E-state index contributed by atoms with van der Waals surface area (Å²) >= 11 is 1.72. The van der Waals surface area contributed by atoms with Crippen LogP contribution in [0.3, 0.4) is 0 Å². The Hall–Kier alpha value is -2.95. The Morgan fingerprint density at radius 2 is 2.00 bits per heavy atom. The summed E-state index contributed by atoms with van der Waals surface area (Å²) in [6, 6.07) is 13.6. The van der Waals surface area contributed by atoms with Crippen molar-refractivity contribution in [2.75, 3.05) is 19.5 Å². The van der Waals surface area contributed by atoms with Gasteiger partial charge >= 0.3 is 0 Å². The molecule has 0 radical (unpaired) electrons. The van der Waals surface area contributed by atoms with Crippen LogP contribution in [0.25, 0.3) is 5.88 Å². The first-order valence-corrected chi connectivity index (χ1v) is 10.2. The maximum absolute atomic E-state index is 12.9. The lowest BCUT2D eigenvalue weighted by Gasteiger charge is -2.15. The first-order valence-electron chi connectivity index (χ1n) is 9.24. The highest BCUT2D eigenvalue weighted by Gasteiger charge is 2.25. The monoisotopic (exact) mass is 409 g/mol. The molecular formula is C22H23N3O3S. The van der Waals surface area contributed by atoms with Crippen LogP contribution >= 0.6 is 11.8 Å². The van der Waals surface area contributed by atoms with Crippen LogP contribution in [0.1, 0.15) is 40.2 Å². The number of nitrogens with zero attached hydrogens (tertiary/aromatic N) is 2. The van der Waals surface area contributed by atoms with Crippen LogP contribution in [0.15, 0.2) is 58.1 Å². The van der Waals surface area contributed by atoms with Gasteiger partial charge in [0.05, 0.1) is 12.6 Å². The predicted octanol–water partition coefficient (Wildman–Crippen LogP) is 4.48. The Bertz CT molecular complexity index is 1000. The first kappa shape index (κ1) is 20.8. The number of nitrogens with one attached hydrogen (secondary N) is 1. The molecule has 0 saturated heterocycles. The summed E-state index contributed by atoms with van der Waals surface area (Å²) in [4.78, 5) is 14.1. The summed E-state index contributed by atoms with van der Waals surface area (Å²) in [5.41, 5.74) is 1.49. The third-order valence-electron chi connectivity index (χ3n) is 4.53. The zero-order valence-corrected chi connectivity index (χ0v) is 17.5. The van der Waals surface area contributed by atoms with Gasteiger partial charge in [-0.25, -0.2) is 0 Å². The highest BCUT2D eigenvalue weighted by Crippen LogP contribution is 2.26. The van der Waals surface area contributed by atoms with Crippen molar-refractivity contribution in [1.82, 2.24) is 9.88 Å². The summed E-state index contributed by atoms with van der Waals surface area (Å²) in [7, 11) is 1.69. The summed E-state index contributed by atoms with van der Waals surface area (Å²) in [5.74, 6) is 1.33. The van der Waals surface area contributed by atoms with Crippen LogP contribution in [-0.4, -0.2) is 29.9 Å². The van der Waals surface area contributed by atoms with E-state index in [1.54, 1.807) is 42.8 Å². The molecule has 2 heterocycles. The standard InChI is InChI=1S/C22H23N3O3S/c1-15(17-6-8-18(9-7-17)29-13-12-27-3)24-21(26)20-16(2)28-22(19(20)14-23)25-10-4-5-11-25/h4-11,15H,12-13H2,1-3H3,(H,24,26). The van der Waals surface area contributed by atoms with Crippen molar-refractivity contribution in [1.29, 1.82) is 5.26 Å². The zero-order chi connectivity index (χ0) is 20.8. The lowest BCUT2D eigenvalue weighted by molar-refractivity contribution is 0.0938. The number of nitriles is 1. The number of hydrogen-bond donors (Lipinski definition) is 1. The van der Waals surface area contributed by atoms with Crippen LogP contribution in [0.4, 0.5) is 0 Å². The molecule has 1 amide bonds. The highest BCUT2D eigenvalue weighted by molar-refractivity contribution is 7.99. The lowest BCUT2D eigenvalue weighted by atomic mass is 10.1. The molecule has 0 aliphatic rings. The number of benzene rings is 1. The number of furan rings is 1. The molecule has 6 nitrogen and oxygen atoms in total. The lowest BCUT2D eigenvalue weighted by Crippen LogP contribution is -2.27. The van der Waals surface area contributed by atoms with Crippen molar-refractivity contribution in [2.24, 2.45) is 0 Å². The molecule has 0 aliphatic heterocycles. The molecule has 3 rings (SSSR count). The number of carbonyl (C=O) groups is 1. The van der Waals surface area contributed by atoms with Crippen molar-refractivity contribution in [3.8, 4) is 12.0 Å². The minimum atomic E-state index is -0.327. The predicted molar refractivity (Wildman–Crippen MR) is 112 cm³/mol. The van der Waals surface area contributed by atoms with Gasteiger partial charge in [0.25, 0.3) is 5.91 Å². The van der Waals surface area contributed by atoms with Crippen molar-refractivity contribution < 1.29 is 13.9 Å². The highest BCUT2D eigenvalue weighted by atomic mass is 32.2. The number of ether oxygens (including phenoxy) is 1. The number of hydrogen-bond acceptors (Lipinski definition) is 5. The van der Waals surface area contributed by atoms with Crippen molar-refractivity contribution in [3.05, 3.63) is 71.2 Å². The number of carbonyl (C=O) groups excluding carboxylic acids is 1. The molecular weight excluding hydrogens is 386 g/mol. The number of aryl methyl sites for hydroxylation is 1. The van der Waals surface area contributed by atoms with Crippen molar-refractivity contribution >= 4 is 17.7 Å². The number of amides is 1. The Morgan fingerprint density at radius 1 is 1.31 bits per heavy atom. The molecule has 2 aromatic heterocycles. The smallest absolute Gasteiger partial charge is 0.256 e. The summed E-state index contributed by atoms with van der Waals surface area (Å²) in [5, 5.41) is 12.6. The van der Waals surface area contributed by atoms with Gasteiger partial charge < -0.3 is 14.5 Å². The van der Waals surface area contributed by atoms with Crippen LogP contribution in [0.5, 0.6) is 0 Å². The van der Waals surface area contributed by atoms with Gasteiger partial charge in [0, 0.05) is 30.2 Å². The average Bonchev–Trinajstić information content (AvgIpc) is 3.35. The maximum atomic E-state index is 12.9. The quantitative estimate of drug-likeness (QED) is 0.438. The molecule has 7 heteroatoms. The van der Waals surface area contributed by atoms with Crippen LogP contribution in [-0.2, 0) is 4.74 Å². The number of thioether (sulfide) groups is 1. The fourth-order valence-electron chi connectivity index (χ4n) is 3.01. The Morgan fingerprint density at radius 3 is 2.62 bits per heavy atom. The van der Waals surface area contributed by atoms with Gasteiger partial charge in [0.1, 0.15) is 23.0 Å². The molecule has 1 atom stereocenters. The van der Waals surface area contributed by atoms with Gasteiger partial charge in [-0.2, -0.15) is 5.26 Å². The van der Waals surface area contributed by atoms with Crippen molar-refractivity contribution in [3.63, 3.8) is 0 Å². The van der Waals surface area contributed by atoms with E-state index < -0.39 is 0 Å². The van der Waals surface area contributed by atoms with Gasteiger partial charge in [-0.05, 0) is 43.7 Å². The van der Waals surface area contributed by atoms with E-state index >= 15 is 0 Å². The SMILES string of the molecule is COCCSc1ccc(C(C)NC(=O)c2c(C)oc(-n3cccc3)c2C#N)cc1. The van der Waals surface area contributed by atoms with Gasteiger partial charge in [-0.3, -0.25) is 9.36 Å². The molecule has 0 bridgehead atoms. The van der Waals surface area contributed by atoms with E-state index in [2.05, 4.69) is 11.4 Å². The largest absolute Gasteiger partial charge is 0.443 e. The third-order valence-corrected chi connectivity index (χ3v) is 5.50. The molecule has 1 N–H and O–H groups in total. The van der Waals surface area contributed by atoms with E-state index in [4.69, 9.17) is 9.15 Å². The summed E-state index contributed by atoms with van der Waals surface area (Å²) < 4.78 is 12.5. The molecule has 150 valence electrons. The van der Waals surface area contributed by atoms with Gasteiger partial charge in [-0.1, -0.05) is 12.1 Å². The van der Waals surface area contributed by atoms with Gasteiger partial charge in [-0.15, -0.1) is 11.8 Å². The van der Waals surface area contributed by atoms with Crippen LogP contribution in [0, 0.1) is 18.3 Å². The second-order valence-electron chi connectivity index (χ2n) is 6.52. The molecule has 3 aromatic rings. The van der Waals surface area contributed by atoms with Crippen LogP contribution in [0.2, 0.25) is 0 Å². The van der Waals surface area contributed by atoms with E-state index in [-0.39, 0.29) is 23.1 Å². The van der Waals surface area contributed by atoms with E-state index in [1.165, 1.54) is 0 Å². The maximum Gasteiger partial charge on any atom is 0.256 e. The first-order chi connectivity index (χ1) is 14.0. The number of methoxy groups -OCH3 is 1. The summed E-state index contributed by atoms with van der Waals surface area (Å²) in [6.45, 7) is 4.31. The molecule has 1 aromatic carbocycles. The van der Waals surface area contributed by atoms with Crippen LogP contribution < -0.4 is 5.32 Å². The minimum Gasteiger partial charge on any atom is -0.443 e. The van der Waals surface area contributed by atoms with E-state index in [0.29, 0.717) is 18.3 Å². The molecule has 0 saturated carbocycles. The van der Waals surface area contributed by atoms with E-state index in [0.717, 1.165) is 16.2 Å². The molecule has 0 spiro atoms. The summed E-state index contributed by atoms with van der Waals surface area (Å²) in [6.07, 6.45) is 3.55. The molecule has 29 heavy (non-hydrogen) atoms. The second kappa shape index (κ2) is 9.50. The second-order valence-corrected chi connectivity index (χ2v) is 7.69. The Kier molecular flexibility index (Phi) is 6.81. The normalized spacial score (nSPS) is 11.8. The van der Waals surface area contributed by atoms with Gasteiger partial charge in [0.15, 0.2) is 0 Å². The fraction of sp³-hybridized carbons (Fsp3) is 0.273. The average molecular weight is 410 g/mol. The molecule has 0 aliphatic carbocycles. The Labute approximate surface area is 174 Å².